The van der Waals surface area contributed by atoms with E-state index in [1.165, 1.54) is 38.0 Å². The Morgan fingerprint density at radius 1 is 1.19 bits per heavy atom. The lowest BCUT2D eigenvalue weighted by Crippen LogP contribution is -2.33. The molecule has 1 N–H and O–H groups in total. The number of hydrogen-bond donors (Lipinski definition) is 1. The first-order valence-electron chi connectivity index (χ1n) is 7.77. The molecule has 2 fully saturated rings. The van der Waals surface area contributed by atoms with Gasteiger partial charge in [0.2, 0.25) is 0 Å². The van der Waals surface area contributed by atoms with Crippen molar-refractivity contribution >= 4 is 5.69 Å². The summed E-state index contributed by atoms with van der Waals surface area (Å²) < 4.78 is 1.97. The maximum Gasteiger partial charge on any atom is 0.165 e. The minimum atomic E-state index is 0.557. The Morgan fingerprint density at radius 2 is 2.10 bits per heavy atom. The van der Waals surface area contributed by atoms with Gasteiger partial charge in [0.15, 0.2) is 5.82 Å². The van der Waals surface area contributed by atoms with E-state index in [4.69, 9.17) is 0 Å². The molecule has 0 spiro atoms. The summed E-state index contributed by atoms with van der Waals surface area (Å²) in [5.41, 5.74) is 2.31. The van der Waals surface area contributed by atoms with Gasteiger partial charge in [-0.25, -0.2) is 0 Å². The van der Waals surface area contributed by atoms with Crippen LogP contribution in [0.5, 0.6) is 0 Å². The van der Waals surface area contributed by atoms with E-state index in [0.717, 1.165) is 11.4 Å². The average Bonchev–Trinajstić information content (AvgIpc) is 3.18. The van der Waals surface area contributed by atoms with E-state index in [0.29, 0.717) is 12.1 Å². The number of aryl methyl sites for hydroxylation is 1. The highest BCUT2D eigenvalue weighted by molar-refractivity contribution is 5.73. The van der Waals surface area contributed by atoms with Gasteiger partial charge in [0.05, 0.1) is 0 Å². The maximum atomic E-state index is 4.25. The number of fused-ring (bicyclic) bond motifs is 1. The van der Waals surface area contributed by atoms with Crippen LogP contribution in [0.4, 0.5) is 5.69 Å². The van der Waals surface area contributed by atoms with Crippen LogP contribution in [-0.2, 0) is 7.05 Å². The first kappa shape index (κ1) is 12.8. The summed E-state index contributed by atoms with van der Waals surface area (Å²) in [6, 6.07) is 9.68. The number of hydrogen-bond acceptors (Lipinski definition) is 4. The van der Waals surface area contributed by atoms with Crippen LogP contribution < -0.4 is 5.32 Å². The summed E-state index contributed by atoms with van der Waals surface area (Å²) in [5, 5.41) is 12.0. The molecule has 2 saturated heterocycles. The van der Waals surface area contributed by atoms with Gasteiger partial charge in [0, 0.05) is 36.9 Å². The lowest BCUT2D eigenvalue weighted by atomic mass is 10.0. The molecule has 2 aliphatic rings. The topological polar surface area (TPSA) is 46.0 Å². The lowest BCUT2D eigenvalue weighted by molar-refractivity contribution is 0.318. The van der Waals surface area contributed by atoms with E-state index in [-0.39, 0.29) is 0 Å². The van der Waals surface area contributed by atoms with E-state index in [1.54, 1.807) is 6.33 Å². The van der Waals surface area contributed by atoms with Gasteiger partial charge in [-0.05, 0) is 37.9 Å². The normalized spacial score (nSPS) is 25.2. The maximum absolute atomic E-state index is 4.25. The molecule has 0 radical (unpaired) electrons. The molecule has 0 aliphatic carbocycles. The summed E-state index contributed by atoms with van der Waals surface area (Å²) in [6.07, 6.45) is 5.65. The van der Waals surface area contributed by atoms with Gasteiger partial charge in [-0.15, -0.1) is 10.2 Å². The van der Waals surface area contributed by atoms with Gasteiger partial charge in [-0.2, -0.15) is 0 Å². The standard InChI is InChI=1S/C16H21N5/c1-20-11-17-19-16(20)12-5-2-3-6-13(12)18-14-8-10-21-9-4-7-15(14)21/h2-3,5-6,11,14-15,18H,4,7-10H2,1H3. The third-order valence-corrected chi connectivity index (χ3v) is 4.83. The van der Waals surface area contributed by atoms with Crippen LogP contribution in [0.15, 0.2) is 30.6 Å². The average molecular weight is 283 g/mol. The summed E-state index contributed by atoms with van der Waals surface area (Å²) in [5.74, 6) is 0.916. The van der Waals surface area contributed by atoms with Crippen molar-refractivity contribution in [3.8, 4) is 11.4 Å². The molecule has 2 aliphatic heterocycles. The van der Waals surface area contributed by atoms with Crippen molar-refractivity contribution in [1.29, 1.82) is 0 Å². The summed E-state index contributed by atoms with van der Waals surface area (Å²) in [7, 11) is 1.99. The van der Waals surface area contributed by atoms with Crippen molar-refractivity contribution in [1.82, 2.24) is 19.7 Å². The van der Waals surface area contributed by atoms with E-state index < -0.39 is 0 Å². The minimum absolute atomic E-state index is 0.557. The second-order valence-corrected chi connectivity index (χ2v) is 6.10. The molecular formula is C16H21N5. The van der Waals surface area contributed by atoms with Crippen LogP contribution >= 0.6 is 0 Å². The predicted molar refractivity (Wildman–Crippen MR) is 83.1 cm³/mol. The van der Waals surface area contributed by atoms with Crippen LogP contribution in [0, 0.1) is 0 Å². The Kier molecular flexibility index (Phi) is 3.15. The highest BCUT2D eigenvalue weighted by atomic mass is 15.3. The fourth-order valence-corrected chi connectivity index (χ4v) is 3.78. The van der Waals surface area contributed by atoms with Gasteiger partial charge in [0.1, 0.15) is 6.33 Å². The molecule has 1 aromatic heterocycles. The lowest BCUT2D eigenvalue weighted by Gasteiger charge is -2.23. The Bertz CT molecular complexity index is 635. The molecule has 5 nitrogen and oxygen atoms in total. The molecule has 1 aromatic carbocycles. The number of para-hydroxylation sites is 1. The van der Waals surface area contributed by atoms with Gasteiger partial charge < -0.3 is 9.88 Å². The van der Waals surface area contributed by atoms with Crippen molar-refractivity contribution in [3.63, 3.8) is 0 Å². The Morgan fingerprint density at radius 3 is 2.95 bits per heavy atom. The molecule has 2 atom stereocenters. The van der Waals surface area contributed by atoms with Crippen LogP contribution in [0.25, 0.3) is 11.4 Å². The van der Waals surface area contributed by atoms with Gasteiger partial charge >= 0.3 is 0 Å². The molecular weight excluding hydrogens is 262 g/mol. The van der Waals surface area contributed by atoms with E-state index in [9.17, 15) is 0 Å². The van der Waals surface area contributed by atoms with Crippen LogP contribution in [0.3, 0.4) is 0 Å². The van der Waals surface area contributed by atoms with Crippen molar-refractivity contribution < 1.29 is 0 Å². The fraction of sp³-hybridized carbons (Fsp3) is 0.500. The van der Waals surface area contributed by atoms with Crippen LogP contribution in [-0.4, -0.2) is 44.8 Å². The molecule has 3 heterocycles. The molecule has 21 heavy (non-hydrogen) atoms. The first-order chi connectivity index (χ1) is 10.3. The highest BCUT2D eigenvalue weighted by Gasteiger charge is 2.37. The zero-order valence-electron chi connectivity index (χ0n) is 12.4. The minimum Gasteiger partial charge on any atom is -0.380 e. The Labute approximate surface area is 125 Å². The number of benzene rings is 1. The highest BCUT2D eigenvalue weighted by Crippen LogP contribution is 2.33. The first-order valence-corrected chi connectivity index (χ1v) is 7.77. The van der Waals surface area contributed by atoms with Crippen molar-refractivity contribution in [2.24, 2.45) is 7.05 Å². The third kappa shape index (κ3) is 2.21. The predicted octanol–water partition coefficient (Wildman–Crippen LogP) is 2.13. The summed E-state index contributed by atoms with van der Waals surface area (Å²) in [6.45, 7) is 2.50. The number of aromatic nitrogens is 3. The second-order valence-electron chi connectivity index (χ2n) is 6.10. The van der Waals surface area contributed by atoms with Gasteiger partial charge in [0.25, 0.3) is 0 Å². The zero-order valence-corrected chi connectivity index (χ0v) is 12.4. The molecule has 4 rings (SSSR count). The molecule has 2 unspecified atom stereocenters. The largest absolute Gasteiger partial charge is 0.380 e. The van der Waals surface area contributed by atoms with E-state index in [1.807, 2.05) is 11.6 Å². The second kappa shape index (κ2) is 5.15. The third-order valence-electron chi connectivity index (χ3n) is 4.83. The summed E-state index contributed by atoms with van der Waals surface area (Å²) in [4.78, 5) is 2.63. The zero-order chi connectivity index (χ0) is 14.2. The van der Waals surface area contributed by atoms with E-state index >= 15 is 0 Å². The molecule has 2 aromatic rings. The van der Waals surface area contributed by atoms with Gasteiger partial charge in [-0.3, -0.25) is 4.90 Å². The van der Waals surface area contributed by atoms with Crippen molar-refractivity contribution in [2.75, 3.05) is 18.4 Å². The molecule has 0 bridgehead atoms. The molecule has 0 saturated carbocycles. The number of nitrogens with one attached hydrogen (secondary N) is 1. The molecule has 110 valence electrons. The smallest absolute Gasteiger partial charge is 0.165 e. The number of rotatable bonds is 3. The van der Waals surface area contributed by atoms with Crippen molar-refractivity contribution in [3.05, 3.63) is 30.6 Å². The van der Waals surface area contributed by atoms with Crippen molar-refractivity contribution in [2.45, 2.75) is 31.3 Å². The molecule has 0 amide bonds. The van der Waals surface area contributed by atoms with Gasteiger partial charge in [-0.1, -0.05) is 12.1 Å². The SMILES string of the molecule is Cn1cnnc1-c1ccccc1NC1CCN2CCCC12. The fourth-order valence-electron chi connectivity index (χ4n) is 3.78. The number of anilines is 1. The quantitative estimate of drug-likeness (QED) is 0.937. The van der Waals surface area contributed by atoms with E-state index in [2.05, 4.69) is 44.7 Å². The number of nitrogens with zero attached hydrogens (tertiary/aromatic N) is 4. The Balaban J connectivity index is 1.62. The van der Waals surface area contributed by atoms with Crippen LogP contribution in [0.2, 0.25) is 0 Å². The monoisotopic (exact) mass is 283 g/mol. The molecule has 5 heteroatoms. The Hall–Kier alpha value is -1.88. The summed E-state index contributed by atoms with van der Waals surface area (Å²) >= 11 is 0. The van der Waals surface area contributed by atoms with Crippen LogP contribution in [0.1, 0.15) is 19.3 Å².